The molecule has 10 heavy (non-hydrogen) atoms. The Labute approximate surface area is 56.7 Å². The predicted octanol–water partition coefficient (Wildman–Crippen LogP) is -1.37. The van der Waals surface area contributed by atoms with Crippen LogP contribution < -0.4 is 0 Å². The zero-order valence-corrected chi connectivity index (χ0v) is 4.99. The van der Waals surface area contributed by atoms with Crippen LogP contribution in [0.3, 0.4) is 0 Å². The Morgan fingerprint density at radius 3 is 1.40 bits per heavy atom. The molecule has 0 heterocycles. The van der Waals surface area contributed by atoms with Crippen molar-refractivity contribution < 1.29 is 20.6 Å². The quantitative estimate of drug-likeness (QED) is 0.225. The molecular formula is C4H8N2O4. The molecule has 6 heteroatoms. The number of aliphatic hydroxyl groups excluding tert-OH is 2. The highest BCUT2D eigenvalue weighted by Crippen LogP contribution is 1.85. The monoisotopic (exact) mass is 148 g/mol. The van der Waals surface area contributed by atoms with E-state index in [0.29, 0.717) is 12.4 Å². The number of hydrogen-bond donors (Lipinski definition) is 4. The average Bonchev–Trinajstić information content (AvgIpc) is 1.89. The first-order valence-electron chi connectivity index (χ1n) is 2.43. The number of oxime groups is 2. The number of hydrogen-bond acceptors (Lipinski definition) is 6. The van der Waals surface area contributed by atoms with Gasteiger partial charge in [0.25, 0.3) is 0 Å². The molecule has 0 saturated carbocycles. The third-order valence-corrected chi connectivity index (χ3v) is 0.789. The molecule has 0 fully saturated rings. The van der Waals surface area contributed by atoms with Crippen molar-refractivity contribution in [3.63, 3.8) is 0 Å². The van der Waals surface area contributed by atoms with Gasteiger partial charge in [-0.05, 0) is 0 Å². The van der Waals surface area contributed by atoms with E-state index in [2.05, 4.69) is 10.3 Å². The smallest absolute Gasteiger partial charge is 0.123 e. The second-order valence-electron chi connectivity index (χ2n) is 1.51. The van der Waals surface area contributed by atoms with Gasteiger partial charge < -0.3 is 20.6 Å². The molecule has 0 aliphatic rings. The molecule has 0 radical (unpaired) electrons. The molecule has 0 aromatic carbocycles. The Morgan fingerprint density at radius 2 is 1.20 bits per heavy atom. The molecule has 6 nitrogen and oxygen atoms in total. The van der Waals surface area contributed by atoms with Gasteiger partial charge in [0.05, 0.1) is 12.4 Å². The second kappa shape index (κ2) is 4.71. The summed E-state index contributed by atoms with van der Waals surface area (Å²) in [6.07, 6.45) is -1.32. The second-order valence-corrected chi connectivity index (χ2v) is 1.51. The molecular weight excluding hydrogens is 140 g/mol. The standard InChI is InChI=1S/C4H8N2O4/c7-3(1-5-9)4(8)2-6-10/h1-4,7-10H/b5-1+,6-2+. The molecule has 0 aliphatic heterocycles. The molecule has 0 aromatic heterocycles. The summed E-state index contributed by atoms with van der Waals surface area (Å²) in [7, 11) is 0. The Kier molecular flexibility index (Phi) is 4.17. The van der Waals surface area contributed by atoms with E-state index in [0.717, 1.165) is 0 Å². The molecule has 58 valence electrons. The van der Waals surface area contributed by atoms with Crippen LogP contribution in [0.25, 0.3) is 0 Å². The van der Waals surface area contributed by atoms with Gasteiger partial charge in [0, 0.05) is 0 Å². The Bertz CT molecular complexity index is 119. The minimum absolute atomic E-state index is 0.701. The predicted molar refractivity (Wildman–Crippen MR) is 32.6 cm³/mol. The van der Waals surface area contributed by atoms with Crippen LogP contribution in [0.4, 0.5) is 0 Å². The highest BCUT2D eigenvalue weighted by Gasteiger charge is 2.10. The summed E-state index contributed by atoms with van der Waals surface area (Å²) in [5, 5.41) is 38.0. The number of aliphatic hydroxyl groups is 2. The van der Waals surface area contributed by atoms with Gasteiger partial charge in [-0.3, -0.25) is 0 Å². The lowest BCUT2D eigenvalue weighted by atomic mass is 10.2. The maximum Gasteiger partial charge on any atom is 0.123 e. The van der Waals surface area contributed by atoms with E-state index in [1.54, 1.807) is 0 Å². The Balaban J connectivity index is 3.81. The lowest BCUT2D eigenvalue weighted by molar-refractivity contribution is 0.107. The van der Waals surface area contributed by atoms with Crippen LogP contribution in [0.2, 0.25) is 0 Å². The Hall–Kier alpha value is -1.14. The fourth-order valence-electron chi connectivity index (χ4n) is 0.313. The number of nitrogens with zero attached hydrogens (tertiary/aromatic N) is 2. The fraction of sp³-hybridized carbons (Fsp3) is 0.500. The van der Waals surface area contributed by atoms with Crippen molar-refractivity contribution in [2.75, 3.05) is 0 Å². The molecule has 0 aliphatic carbocycles. The van der Waals surface area contributed by atoms with Crippen LogP contribution in [0.15, 0.2) is 10.3 Å². The lowest BCUT2D eigenvalue weighted by Gasteiger charge is -2.05. The summed E-state index contributed by atoms with van der Waals surface area (Å²) in [6.45, 7) is 0. The van der Waals surface area contributed by atoms with Crippen LogP contribution in [0, 0.1) is 0 Å². The van der Waals surface area contributed by atoms with E-state index in [-0.39, 0.29) is 0 Å². The summed E-state index contributed by atoms with van der Waals surface area (Å²) in [6, 6.07) is 0. The summed E-state index contributed by atoms with van der Waals surface area (Å²) in [4.78, 5) is 0. The van der Waals surface area contributed by atoms with Gasteiger partial charge in [0.2, 0.25) is 0 Å². The van der Waals surface area contributed by atoms with Gasteiger partial charge in [-0.25, -0.2) is 0 Å². The van der Waals surface area contributed by atoms with Gasteiger partial charge >= 0.3 is 0 Å². The van der Waals surface area contributed by atoms with Crippen LogP contribution in [0.5, 0.6) is 0 Å². The molecule has 4 N–H and O–H groups in total. The van der Waals surface area contributed by atoms with Crippen molar-refractivity contribution in [1.82, 2.24) is 0 Å². The summed E-state index contributed by atoms with van der Waals surface area (Å²) in [5.74, 6) is 0. The normalized spacial score (nSPS) is 18.2. The molecule has 0 bridgehead atoms. The van der Waals surface area contributed by atoms with Gasteiger partial charge in [-0.1, -0.05) is 10.3 Å². The minimum Gasteiger partial charge on any atom is -0.411 e. The molecule has 0 spiro atoms. The molecule has 2 unspecified atom stereocenters. The van der Waals surface area contributed by atoms with Gasteiger partial charge in [0.15, 0.2) is 0 Å². The Morgan fingerprint density at radius 1 is 0.900 bits per heavy atom. The number of rotatable bonds is 3. The fourth-order valence-corrected chi connectivity index (χ4v) is 0.313. The van der Waals surface area contributed by atoms with E-state index in [9.17, 15) is 0 Å². The molecule has 0 rings (SSSR count). The van der Waals surface area contributed by atoms with E-state index in [1.807, 2.05) is 0 Å². The van der Waals surface area contributed by atoms with Gasteiger partial charge in [-0.15, -0.1) is 0 Å². The van der Waals surface area contributed by atoms with E-state index < -0.39 is 12.2 Å². The zero-order chi connectivity index (χ0) is 7.98. The van der Waals surface area contributed by atoms with Crippen LogP contribution in [-0.2, 0) is 0 Å². The van der Waals surface area contributed by atoms with Crippen molar-refractivity contribution >= 4 is 12.4 Å². The van der Waals surface area contributed by atoms with E-state index >= 15 is 0 Å². The third kappa shape index (κ3) is 3.00. The highest BCUT2D eigenvalue weighted by atomic mass is 16.4. The van der Waals surface area contributed by atoms with Gasteiger partial charge in [-0.2, -0.15) is 0 Å². The molecule has 0 saturated heterocycles. The highest BCUT2D eigenvalue weighted by molar-refractivity contribution is 5.73. The lowest BCUT2D eigenvalue weighted by Crippen LogP contribution is -2.28. The topological polar surface area (TPSA) is 106 Å². The first-order valence-corrected chi connectivity index (χ1v) is 2.43. The summed E-state index contributed by atoms with van der Waals surface area (Å²) in [5.41, 5.74) is 0. The maximum absolute atomic E-state index is 8.69. The average molecular weight is 148 g/mol. The van der Waals surface area contributed by atoms with Crippen molar-refractivity contribution in [1.29, 1.82) is 0 Å². The first kappa shape index (κ1) is 8.86. The van der Waals surface area contributed by atoms with E-state index in [4.69, 9.17) is 20.6 Å². The van der Waals surface area contributed by atoms with Crippen molar-refractivity contribution in [2.45, 2.75) is 12.2 Å². The van der Waals surface area contributed by atoms with Crippen LogP contribution in [-0.4, -0.2) is 45.3 Å². The van der Waals surface area contributed by atoms with Crippen molar-refractivity contribution in [3.8, 4) is 0 Å². The maximum atomic E-state index is 8.69. The SMILES string of the molecule is O/N=C/C(O)C(O)/C=N/O. The summed E-state index contributed by atoms with van der Waals surface area (Å²) < 4.78 is 0. The van der Waals surface area contributed by atoms with Crippen molar-refractivity contribution in [3.05, 3.63) is 0 Å². The van der Waals surface area contributed by atoms with Crippen LogP contribution in [0.1, 0.15) is 0 Å². The van der Waals surface area contributed by atoms with E-state index in [1.165, 1.54) is 0 Å². The molecule has 2 atom stereocenters. The third-order valence-electron chi connectivity index (χ3n) is 0.789. The molecule has 0 amide bonds. The largest absolute Gasteiger partial charge is 0.411 e. The van der Waals surface area contributed by atoms with Gasteiger partial charge in [0.1, 0.15) is 12.2 Å². The summed E-state index contributed by atoms with van der Waals surface area (Å²) >= 11 is 0. The van der Waals surface area contributed by atoms with Crippen molar-refractivity contribution in [2.24, 2.45) is 10.3 Å². The minimum atomic E-state index is -1.36. The molecule has 0 aromatic rings. The first-order chi connectivity index (χ1) is 4.72. The van der Waals surface area contributed by atoms with Crippen LogP contribution >= 0.6 is 0 Å². The zero-order valence-electron chi connectivity index (χ0n) is 4.99.